The van der Waals surface area contributed by atoms with Gasteiger partial charge < -0.3 is 15.2 Å². The number of hydrogen-bond donors (Lipinski definition) is 2. The van der Waals surface area contributed by atoms with Crippen LogP contribution in [-0.2, 0) is 10.3 Å². The first-order valence-electron chi connectivity index (χ1n) is 6.36. The number of aliphatic hydroxyl groups is 1. The first-order valence-corrected chi connectivity index (χ1v) is 7.15. The third-order valence-corrected chi connectivity index (χ3v) is 3.25. The number of aliphatic hydroxyl groups excluding tert-OH is 1. The fraction of sp³-hybridized carbons (Fsp3) is 0.500. The van der Waals surface area contributed by atoms with Gasteiger partial charge in [-0.15, -0.1) is 0 Å². The lowest BCUT2D eigenvalue weighted by atomic mass is 9.90. The van der Waals surface area contributed by atoms with Gasteiger partial charge in [-0.25, -0.2) is 4.79 Å². The first-order chi connectivity index (χ1) is 9.91. The standard InChI is InChI=1S/C14H17BrF3NO3/c1-12(2,3)22-11(21)19-13(8-20,14(16,17)18)9-5-4-6-10(15)7-9/h4-7,20H,8H2,1-3H3,(H,19,21). The number of alkyl carbamates (subject to hydrolysis) is 1. The van der Waals surface area contributed by atoms with E-state index >= 15 is 0 Å². The van der Waals surface area contributed by atoms with Gasteiger partial charge in [0.15, 0.2) is 5.54 Å². The van der Waals surface area contributed by atoms with Crippen molar-refractivity contribution in [2.75, 3.05) is 6.61 Å². The van der Waals surface area contributed by atoms with Gasteiger partial charge >= 0.3 is 12.3 Å². The molecule has 0 saturated heterocycles. The zero-order valence-electron chi connectivity index (χ0n) is 12.3. The summed E-state index contributed by atoms with van der Waals surface area (Å²) in [5.74, 6) is 0. The molecule has 0 aliphatic heterocycles. The largest absolute Gasteiger partial charge is 0.444 e. The number of ether oxygens (including phenoxy) is 1. The Hall–Kier alpha value is -1.28. The maximum absolute atomic E-state index is 13.5. The minimum Gasteiger partial charge on any atom is -0.444 e. The van der Waals surface area contributed by atoms with Crippen molar-refractivity contribution in [2.24, 2.45) is 0 Å². The van der Waals surface area contributed by atoms with Crippen molar-refractivity contribution >= 4 is 22.0 Å². The van der Waals surface area contributed by atoms with Crippen molar-refractivity contribution in [3.05, 3.63) is 34.3 Å². The first kappa shape index (κ1) is 18.8. The van der Waals surface area contributed by atoms with Crippen LogP contribution in [0.15, 0.2) is 28.7 Å². The highest BCUT2D eigenvalue weighted by Gasteiger charge is 2.57. The van der Waals surface area contributed by atoms with Crippen LogP contribution in [0.3, 0.4) is 0 Å². The fourth-order valence-electron chi connectivity index (χ4n) is 1.76. The smallest absolute Gasteiger partial charge is 0.418 e. The highest BCUT2D eigenvalue weighted by atomic mass is 79.9. The van der Waals surface area contributed by atoms with E-state index in [1.807, 2.05) is 0 Å². The summed E-state index contributed by atoms with van der Waals surface area (Å²) in [6.45, 7) is 3.23. The molecule has 0 bridgehead atoms. The molecule has 0 aliphatic carbocycles. The van der Waals surface area contributed by atoms with Crippen molar-refractivity contribution < 1.29 is 27.8 Å². The summed E-state index contributed by atoms with van der Waals surface area (Å²) >= 11 is 3.07. The Labute approximate surface area is 134 Å². The van der Waals surface area contributed by atoms with E-state index in [1.54, 1.807) is 5.32 Å². The maximum atomic E-state index is 13.5. The number of alkyl halides is 3. The second-order valence-corrected chi connectivity index (χ2v) is 6.61. The lowest BCUT2D eigenvalue weighted by molar-refractivity contribution is -0.209. The van der Waals surface area contributed by atoms with Crippen LogP contribution < -0.4 is 5.32 Å². The van der Waals surface area contributed by atoms with E-state index in [1.165, 1.54) is 45.0 Å². The Morgan fingerprint density at radius 3 is 2.32 bits per heavy atom. The predicted octanol–water partition coefficient (Wildman–Crippen LogP) is 3.72. The number of carbonyl (C=O) groups is 1. The lowest BCUT2D eigenvalue weighted by Crippen LogP contribution is -2.59. The molecular formula is C14H17BrF3NO3. The van der Waals surface area contributed by atoms with Gasteiger partial charge in [-0.2, -0.15) is 13.2 Å². The molecule has 1 atom stereocenters. The molecular weight excluding hydrogens is 367 g/mol. The third-order valence-electron chi connectivity index (χ3n) is 2.75. The summed E-state index contributed by atoms with van der Waals surface area (Å²) in [4.78, 5) is 11.8. The second kappa shape index (κ2) is 6.45. The van der Waals surface area contributed by atoms with Crippen LogP contribution in [0.4, 0.5) is 18.0 Å². The molecule has 1 aromatic rings. The van der Waals surface area contributed by atoms with E-state index in [-0.39, 0.29) is 5.56 Å². The van der Waals surface area contributed by atoms with Crippen LogP contribution in [0.25, 0.3) is 0 Å². The summed E-state index contributed by atoms with van der Waals surface area (Å²) < 4.78 is 45.9. The number of carbonyl (C=O) groups excluding carboxylic acids is 1. The Morgan fingerprint density at radius 2 is 1.91 bits per heavy atom. The molecule has 1 unspecified atom stereocenters. The minimum absolute atomic E-state index is 0.303. The molecule has 1 rings (SSSR count). The predicted molar refractivity (Wildman–Crippen MR) is 78.3 cm³/mol. The Morgan fingerprint density at radius 1 is 1.32 bits per heavy atom. The summed E-state index contributed by atoms with van der Waals surface area (Å²) in [7, 11) is 0. The molecule has 1 aromatic carbocycles. The van der Waals surface area contributed by atoms with Crippen molar-refractivity contribution in [1.82, 2.24) is 5.32 Å². The minimum atomic E-state index is -4.92. The normalized spacial score (nSPS) is 15.1. The van der Waals surface area contributed by atoms with E-state index in [9.17, 15) is 23.1 Å². The number of halogens is 4. The molecule has 0 radical (unpaired) electrons. The molecule has 0 heterocycles. The SMILES string of the molecule is CC(C)(C)OC(=O)NC(CO)(c1cccc(Br)c1)C(F)(F)F. The van der Waals surface area contributed by atoms with Crippen LogP contribution in [0.2, 0.25) is 0 Å². The number of rotatable bonds is 3. The van der Waals surface area contributed by atoms with Gasteiger partial charge in [0.1, 0.15) is 5.60 Å². The van der Waals surface area contributed by atoms with Gasteiger partial charge in [0.05, 0.1) is 6.61 Å². The van der Waals surface area contributed by atoms with Crippen LogP contribution in [0.1, 0.15) is 26.3 Å². The Balaban J connectivity index is 3.27. The van der Waals surface area contributed by atoms with Gasteiger partial charge in [0, 0.05) is 4.47 Å². The highest BCUT2D eigenvalue weighted by molar-refractivity contribution is 9.10. The molecule has 124 valence electrons. The van der Waals surface area contributed by atoms with Gasteiger partial charge in [-0.3, -0.25) is 0 Å². The molecule has 0 aliphatic rings. The Kier molecular flexibility index (Phi) is 5.51. The maximum Gasteiger partial charge on any atom is 0.418 e. The lowest BCUT2D eigenvalue weighted by Gasteiger charge is -2.36. The highest BCUT2D eigenvalue weighted by Crippen LogP contribution is 2.39. The van der Waals surface area contributed by atoms with Gasteiger partial charge in [-0.1, -0.05) is 28.1 Å². The van der Waals surface area contributed by atoms with Gasteiger partial charge in [-0.05, 0) is 38.5 Å². The van der Waals surface area contributed by atoms with Crippen LogP contribution in [-0.4, -0.2) is 29.6 Å². The number of hydrogen-bond acceptors (Lipinski definition) is 3. The molecule has 0 fully saturated rings. The molecule has 0 aromatic heterocycles. The van der Waals surface area contributed by atoms with Crippen molar-refractivity contribution in [3.63, 3.8) is 0 Å². The zero-order chi connectivity index (χ0) is 17.2. The monoisotopic (exact) mass is 383 g/mol. The van der Waals surface area contributed by atoms with Crippen LogP contribution in [0, 0.1) is 0 Å². The number of nitrogens with one attached hydrogen (secondary N) is 1. The molecule has 4 nitrogen and oxygen atoms in total. The summed E-state index contributed by atoms with van der Waals surface area (Å²) in [6.07, 6.45) is -6.18. The van der Waals surface area contributed by atoms with Gasteiger partial charge in [0.25, 0.3) is 0 Å². The molecule has 22 heavy (non-hydrogen) atoms. The Bertz CT molecular complexity index is 543. The van der Waals surface area contributed by atoms with E-state index in [4.69, 9.17) is 4.74 Å². The third kappa shape index (κ3) is 4.36. The van der Waals surface area contributed by atoms with E-state index in [0.717, 1.165) is 0 Å². The van der Waals surface area contributed by atoms with Crippen LogP contribution in [0.5, 0.6) is 0 Å². The van der Waals surface area contributed by atoms with E-state index in [0.29, 0.717) is 4.47 Å². The van der Waals surface area contributed by atoms with Crippen molar-refractivity contribution in [3.8, 4) is 0 Å². The van der Waals surface area contributed by atoms with Crippen molar-refractivity contribution in [2.45, 2.75) is 38.1 Å². The van der Waals surface area contributed by atoms with E-state index < -0.39 is 30.0 Å². The quantitative estimate of drug-likeness (QED) is 0.835. The summed E-state index contributed by atoms with van der Waals surface area (Å²) in [5, 5.41) is 11.2. The average Bonchev–Trinajstić information content (AvgIpc) is 2.32. The van der Waals surface area contributed by atoms with Crippen molar-refractivity contribution in [1.29, 1.82) is 0 Å². The molecule has 1 amide bonds. The summed E-state index contributed by atoms with van der Waals surface area (Å²) in [6, 6.07) is 5.27. The molecule has 2 N–H and O–H groups in total. The van der Waals surface area contributed by atoms with Gasteiger partial charge in [0.2, 0.25) is 0 Å². The molecule has 0 saturated carbocycles. The topological polar surface area (TPSA) is 58.6 Å². The number of amides is 1. The van der Waals surface area contributed by atoms with E-state index in [2.05, 4.69) is 15.9 Å². The fourth-order valence-corrected chi connectivity index (χ4v) is 2.16. The number of benzene rings is 1. The summed E-state index contributed by atoms with van der Waals surface area (Å²) in [5.41, 5.74) is -4.21. The average molecular weight is 384 g/mol. The van der Waals surface area contributed by atoms with Crippen LogP contribution >= 0.6 is 15.9 Å². The zero-order valence-corrected chi connectivity index (χ0v) is 13.9. The molecule has 8 heteroatoms. The second-order valence-electron chi connectivity index (χ2n) is 5.70. The molecule has 0 spiro atoms.